The van der Waals surface area contributed by atoms with Gasteiger partial charge in [-0.05, 0) is 51.8 Å². The topological polar surface area (TPSA) is 95.9 Å². The van der Waals surface area contributed by atoms with Crippen LogP contribution in [0.4, 0.5) is 9.18 Å². The number of halogens is 1. The molecule has 0 bridgehead atoms. The fourth-order valence-corrected chi connectivity index (χ4v) is 1.92. The van der Waals surface area contributed by atoms with Gasteiger partial charge in [0.1, 0.15) is 11.4 Å². The molecule has 0 fully saturated rings. The molecule has 0 aromatic heterocycles. The number of carbonyl (C=O) groups excluding carboxylic acids is 1. The molecule has 6 nitrogen and oxygen atoms in total. The predicted octanol–water partition coefficient (Wildman–Crippen LogP) is 2.34. The number of carboxylic acids is 1. The van der Waals surface area contributed by atoms with Gasteiger partial charge in [-0.1, -0.05) is 6.07 Å². The van der Waals surface area contributed by atoms with Gasteiger partial charge in [-0.3, -0.25) is 0 Å². The van der Waals surface area contributed by atoms with Crippen LogP contribution < -0.4 is 5.32 Å². The van der Waals surface area contributed by atoms with Gasteiger partial charge in [-0.25, -0.2) is 14.0 Å². The number of aromatic carboxylic acids is 1. The van der Waals surface area contributed by atoms with E-state index in [9.17, 15) is 19.1 Å². The zero-order valence-corrected chi connectivity index (χ0v) is 13.6. The fourth-order valence-electron chi connectivity index (χ4n) is 1.92. The second-order valence-corrected chi connectivity index (χ2v) is 6.32. The summed E-state index contributed by atoms with van der Waals surface area (Å²) in [5.74, 6) is -2.21. The number of nitrogens with one attached hydrogen (secondary N) is 1. The van der Waals surface area contributed by atoms with Gasteiger partial charge in [0.2, 0.25) is 0 Å². The Labute approximate surface area is 134 Å². The summed E-state index contributed by atoms with van der Waals surface area (Å²) in [6.45, 7) is 6.62. The summed E-state index contributed by atoms with van der Waals surface area (Å²) >= 11 is 0. The van der Waals surface area contributed by atoms with Crippen molar-refractivity contribution in [1.29, 1.82) is 0 Å². The first-order valence-electron chi connectivity index (χ1n) is 7.19. The van der Waals surface area contributed by atoms with E-state index in [1.165, 1.54) is 19.1 Å². The summed E-state index contributed by atoms with van der Waals surface area (Å²) in [6, 6.07) is 2.94. The van der Waals surface area contributed by atoms with Gasteiger partial charge >= 0.3 is 12.1 Å². The first kappa shape index (κ1) is 18.9. The lowest BCUT2D eigenvalue weighted by atomic mass is 10.00. The highest BCUT2D eigenvalue weighted by atomic mass is 19.1. The molecular weight excluding hydrogens is 305 g/mol. The van der Waals surface area contributed by atoms with E-state index >= 15 is 0 Å². The van der Waals surface area contributed by atoms with Gasteiger partial charge in [0.05, 0.1) is 17.7 Å². The number of amides is 1. The predicted molar refractivity (Wildman–Crippen MR) is 81.9 cm³/mol. The third kappa shape index (κ3) is 6.23. The van der Waals surface area contributed by atoms with E-state index in [1.807, 2.05) is 0 Å². The molecule has 0 radical (unpaired) electrons. The lowest BCUT2D eigenvalue weighted by Crippen LogP contribution is -2.45. The fraction of sp³-hybridized carbons (Fsp3) is 0.500. The lowest BCUT2D eigenvalue weighted by Gasteiger charge is -2.25. The number of rotatable bonds is 5. The van der Waals surface area contributed by atoms with Gasteiger partial charge in [0.15, 0.2) is 0 Å². The Morgan fingerprint density at radius 2 is 1.96 bits per heavy atom. The van der Waals surface area contributed by atoms with E-state index in [-0.39, 0.29) is 6.42 Å². The Balaban J connectivity index is 2.86. The van der Waals surface area contributed by atoms with E-state index in [4.69, 9.17) is 9.84 Å². The molecule has 1 amide bonds. The zero-order valence-electron chi connectivity index (χ0n) is 13.6. The van der Waals surface area contributed by atoms with Gasteiger partial charge in [-0.15, -0.1) is 0 Å². The van der Waals surface area contributed by atoms with Crippen LogP contribution in [0.15, 0.2) is 18.2 Å². The Hall–Kier alpha value is -2.15. The van der Waals surface area contributed by atoms with Gasteiger partial charge in [0, 0.05) is 0 Å². The molecule has 0 aliphatic heterocycles. The first-order valence-corrected chi connectivity index (χ1v) is 7.19. The SMILES string of the molecule is CC(O)C(Cc1ccc(F)c(C(=O)O)c1)NC(=O)OC(C)(C)C. The van der Waals surface area contributed by atoms with Gasteiger partial charge in [0.25, 0.3) is 0 Å². The van der Waals surface area contributed by atoms with Crippen LogP contribution >= 0.6 is 0 Å². The monoisotopic (exact) mass is 327 g/mol. The number of carboxylic acid groups (broad SMARTS) is 1. The lowest BCUT2D eigenvalue weighted by molar-refractivity contribution is 0.0437. The summed E-state index contributed by atoms with van der Waals surface area (Å²) in [7, 11) is 0. The maximum atomic E-state index is 13.4. The van der Waals surface area contributed by atoms with Crippen molar-refractivity contribution >= 4 is 12.1 Å². The average Bonchev–Trinajstić information content (AvgIpc) is 2.37. The highest BCUT2D eigenvalue weighted by molar-refractivity contribution is 5.88. The highest BCUT2D eigenvalue weighted by Gasteiger charge is 2.23. The summed E-state index contributed by atoms with van der Waals surface area (Å²) in [5, 5.41) is 21.3. The van der Waals surface area contributed by atoms with Crippen molar-refractivity contribution in [3.63, 3.8) is 0 Å². The number of alkyl carbamates (subject to hydrolysis) is 1. The number of hydrogen-bond donors (Lipinski definition) is 3. The molecule has 7 heteroatoms. The van der Waals surface area contributed by atoms with Crippen molar-refractivity contribution in [2.45, 2.75) is 51.9 Å². The number of aliphatic hydroxyl groups excluding tert-OH is 1. The second kappa shape index (κ2) is 7.41. The van der Waals surface area contributed by atoms with E-state index in [0.29, 0.717) is 5.56 Å². The van der Waals surface area contributed by atoms with Crippen LogP contribution in [0.2, 0.25) is 0 Å². The van der Waals surface area contributed by atoms with Crippen molar-refractivity contribution in [3.05, 3.63) is 35.1 Å². The Morgan fingerprint density at radius 1 is 1.35 bits per heavy atom. The normalized spacial score (nSPS) is 14.0. The summed E-state index contributed by atoms with van der Waals surface area (Å²) in [5.41, 5.74) is -0.658. The molecule has 0 saturated heterocycles. The van der Waals surface area contributed by atoms with E-state index in [2.05, 4.69) is 5.32 Å². The zero-order chi connectivity index (χ0) is 17.8. The molecule has 23 heavy (non-hydrogen) atoms. The Kier molecular flexibility index (Phi) is 6.09. The molecule has 0 heterocycles. The van der Waals surface area contributed by atoms with Crippen LogP contribution in [0.25, 0.3) is 0 Å². The summed E-state index contributed by atoms with van der Waals surface area (Å²) in [4.78, 5) is 22.7. The maximum absolute atomic E-state index is 13.4. The molecule has 1 aromatic carbocycles. The van der Waals surface area contributed by atoms with E-state index in [0.717, 1.165) is 6.07 Å². The van der Waals surface area contributed by atoms with Crippen molar-refractivity contribution in [1.82, 2.24) is 5.32 Å². The standard InChI is InChI=1S/C16H22FNO5/c1-9(19)13(18-15(22)23-16(2,3)4)8-10-5-6-12(17)11(7-10)14(20)21/h5-7,9,13,19H,8H2,1-4H3,(H,18,22)(H,20,21). The van der Waals surface area contributed by atoms with Gasteiger partial charge < -0.3 is 20.3 Å². The molecule has 0 saturated carbocycles. The molecule has 0 aliphatic rings. The molecule has 2 atom stereocenters. The quantitative estimate of drug-likeness (QED) is 0.771. The molecule has 0 aliphatic carbocycles. The Morgan fingerprint density at radius 3 is 2.43 bits per heavy atom. The van der Waals surface area contributed by atoms with E-state index in [1.54, 1.807) is 20.8 Å². The van der Waals surface area contributed by atoms with E-state index < -0.39 is 41.2 Å². The number of ether oxygens (including phenoxy) is 1. The highest BCUT2D eigenvalue weighted by Crippen LogP contribution is 2.14. The van der Waals surface area contributed by atoms with Crippen molar-refractivity contribution in [2.75, 3.05) is 0 Å². The maximum Gasteiger partial charge on any atom is 0.407 e. The third-order valence-electron chi connectivity index (χ3n) is 3.00. The van der Waals surface area contributed by atoms with Crippen molar-refractivity contribution in [2.24, 2.45) is 0 Å². The third-order valence-corrected chi connectivity index (χ3v) is 3.00. The summed E-state index contributed by atoms with van der Waals surface area (Å²) < 4.78 is 18.5. The van der Waals surface area contributed by atoms with Crippen LogP contribution in [0.3, 0.4) is 0 Å². The molecule has 2 unspecified atom stereocenters. The Bertz CT molecular complexity index is 580. The van der Waals surface area contributed by atoms with Crippen LogP contribution in [0.5, 0.6) is 0 Å². The molecule has 3 N–H and O–H groups in total. The molecular formula is C16H22FNO5. The largest absolute Gasteiger partial charge is 0.478 e. The first-order chi connectivity index (χ1) is 10.5. The second-order valence-electron chi connectivity index (χ2n) is 6.32. The van der Waals surface area contributed by atoms with Crippen LogP contribution in [0, 0.1) is 5.82 Å². The average molecular weight is 327 g/mol. The molecule has 1 aromatic rings. The minimum atomic E-state index is -1.38. The minimum absolute atomic E-state index is 0.136. The van der Waals surface area contributed by atoms with Gasteiger partial charge in [-0.2, -0.15) is 0 Å². The number of carbonyl (C=O) groups is 2. The van der Waals surface area contributed by atoms with Crippen LogP contribution in [-0.2, 0) is 11.2 Å². The summed E-state index contributed by atoms with van der Waals surface area (Å²) in [6.07, 6.45) is -1.46. The molecule has 128 valence electrons. The number of aliphatic hydroxyl groups is 1. The molecule has 1 rings (SSSR count). The minimum Gasteiger partial charge on any atom is -0.478 e. The molecule has 0 spiro atoms. The number of benzene rings is 1. The van der Waals surface area contributed by atoms with Crippen LogP contribution in [-0.4, -0.2) is 40.0 Å². The van der Waals surface area contributed by atoms with Crippen LogP contribution in [0.1, 0.15) is 43.6 Å². The van der Waals surface area contributed by atoms with Crippen molar-refractivity contribution in [3.8, 4) is 0 Å². The smallest absolute Gasteiger partial charge is 0.407 e. The number of hydrogen-bond acceptors (Lipinski definition) is 4. The van der Waals surface area contributed by atoms with Crippen molar-refractivity contribution < 1.29 is 28.9 Å².